The molecular formula is C18H28N2O3. The number of ether oxygens (including phenoxy) is 1. The van der Waals surface area contributed by atoms with Crippen molar-refractivity contribution in [2.75, 3.05) is 13.1 Å². The largest absolute Gasteiger partial charge is 0.444 e. The maximum absolute atomic E-state index is 11.8. The first-order chi connectivity index (χ1) is 10.8. The fraction of sp³-hybridized carbons (Fsp3) is 0.556. The molecule has 0 bridgehead atoms. The molecule has 1 unspecified atom stereocenters. The van der Waals surface area contributed by atoms with E-state index < -0.39 is 11.7 Å². The van der Waals surface area contributed by atoms with Crippen molar-refractivity contribution in [3.05, 3.63) is 35.9 Å². The van der Waals surface area contributed by atoms with Gasteiger partial charge in [-0.15, -0.1) is 0 Å². The third kappa shape index (κ3) is 8.86. The van der Waals surface area contributed by atoms with Gasteiger partial charge in [-0.2, -0.15) is 0 Å². The number of hydrogen-bond donors (Lipinski definition) is 2. The van der Waals surface area contributed by atoms with Gasteiger partial charge in [0, 0.05) is 19.5 Å². The predicted octanol–water partition coefficient (Wildman–Crippen LogP) is 3.21. The molecule has 1 atom stereocenters. The maximum Gasteiger partial charge on any atom is 0.407 e. The van der Waals surface area contributed by atoms with Gasteiger partial charge in [0.05, 0.1) is 0 Å². The van der Waals surface area contributed by atoms with Crippen molar-refractivity contribution in [2.24, 2.45) is 0 Å². The molecule has 2 N–H and O–H groups in total. The lowest BCUT2D eigenvalue weighted by Gasteiger charge is -2.19. The molecule has 5 heteroatoms. The van der Waals surface area contributed by atoms with Crippen LogP contribution < -0.4 is 10.6 Å². The second kappa shape index (κ2) is 9.18. The van der Waals surface area contributed by atoms with Crippen LogP contribution in [0.25, 0.3) is 0 Å². The molecule has 2 amide bonds. The van der Waals surface area contributed by atoms with Crippen molar-refractivity contribution in [1.29, 1.82) is 0 Å². The molecule has 0 aromatic heterocycles. The Morgan fingerprint density at radius 1 is 1.13 bits per heavy atom. The third-order valence-electron chi connectivity index (χ3n) is 3.22. The topological polar surface area (TPSA) is 67.4 Å². The zero-order chi connectivity index (χ0) is 17.3. The number of rotatable bonds is 7. The van der Waals surface area contributed by atoms with Gasteiger partial charge in [0.1, 0.15) is 5.60 Å². The Labute approximate surface area is 138 Å². The number of amides is 2. The van der Waals surface area contributed by atoms with E-state index in [0.717, 1.165) is 0 Å². The molecule has 5 nitrogen and oxygen atoms in total. The van der Waals surface area contributed by atoms with Gasteiger partial charge >= 0.3 is 6.09 Å². The lowest BCUT2D eigenvalue weighted by atomic mass is 10.0. The van der Waals surface area contributed by atoms with Crippen LogP contribution in [0.2, 0.25) is 0 Å². The highest BCUT2D eigenvalue weighted by atomic mass is 16.6. The van der Waals surface area contributed by atoms with Gasteiger partial charge < -0.3 is 15.4 Å². The smallest absolute Gasteiger partial charge is 0.407 e. The number of benzene rings is 1. The van der Waals surface area contributed by atoms with Crippen molar-refractivity contribution in [2.45, 2.75) is 52.1 Å². The lowest BCUT2D eigenvalue weighted by Crippen LogP contribution is -2.33. The number of carbonyl (C=O) groups is 2. The number of hydrogen-bond acceptors (Lipinski definition) is 3. The van der Waals surface area contributed by atoms with Gasteiger partial charge in [-0.25, -0.2) is 4.79 Å². The molecule has 0 aliphatic carbocycles. The van der Waals surface area contributed by atoms with Gasteiger partial charge in [0.25, 0.3) is 0 Å². The van der Waals surface area contributed by atoms with Crippen molar-refractivity contribution in [3.8, 4) is 0 Å². The summed E-state index contributed by atoms with van der Waals surface area (Å²) in [7, 11) is 0. The predicted molar refractivity (Wildman–Crippen MR) is 91.3 cm³/mol. The molecule has 1 aromatic carbocycles. The highest BCUT2D eigenvalue weighted by Crippen LogP contribution is 2.13. The summed E-state index contributed by atoms with van der Waals surface area (Å²) in [6, 6.07) is 10.1. The van der Waals surface area contributed by atoms with Crippen LogP contribution >= 0.6 is 0 Å². The average molecular weight is 320 g/mol. The Morgan fingerprint density at radius 3 is 2.39 bits per heavy atom. The monoisotopic (exact) mass is 320 g/mol. The van der Waals surface area contributed by atoms with Crippen LogP contribution in [0.4, 0.5) is 4.79 Å². The molecule has 0 aliphatic rings. The summed E-state index contributed by atoms with van der Waals surface area (Å²) in [5.41, 5.74) is 0.703. The fourth-order valence-electron chi connectivity index (χ4n) is 2.01. The molecule has 0 fully saturated rings. The van der Waals surface area contributed by atoms with E-state index in [-0.39, 0.29) is 11.8 Å². The van der Waals surface area contributed by atoms with Gasteiger partial charge in [-0.05, 0) is 38.7 Å². The molecule has 23 heavy (non-hydrogen) atoms. The molecule has 0 spiro atoms. The van der Waals surface area contributed by atoms with E-state index in [1.807, 2.05) is 39.0 Å². The maximum atomic E-state index is 11.8. The normalized spacial score (nSPS) is 12.3. The van der Waals surface area contributed by atoms with Crippen LogP contribution in [0.3, 0.4) is 0 Å². The van der Waals surface area contributed by atoms with Gasteiger partial charge in [-0.3, -0.25) is 4.79 Å². The summed E-state index contributed by atoms with van der Waals surface area (Å²) >= 11 is 0. The number of alkyl carbamates (subject to hydrolysis) is 1. The molecule has 0 aliphatic heterocycles. The highest BCUT2D eigenvalue weighted by Gasteiger charge is 2.15. The minimum Gasteiger partial charge on any atom is -0.444 e. The second-order valence-corrected chi connectivity index (χ2v) is 6.65. The third-order valence-corrected chi connectivity index (χ3v) is 3.22. The SMILES string of the molecule is CC(CNC(=O)CCCNC(=O)OC(C)(C)C)c1ccccc1. The van der Waals surface area contributed by atoms with Crippen LogP contribution in [-0.2, 0) is 9.53 Å². The van der Waals surface area contributed by atoms with Crippen LogP contribution in [-0.4, -0.2) is 30.7 Å². The first kappa shape index (κ1) is 19.0. The Kier molecular flexibility index (Phi) is 7.59. The summed E-state index contributed by atoms with van der Waals surface area (Å²) in [5, 5.41) is 5.57. The van der Waals surface area contributed by atoms with E-state index in [9.17, 15) is 9.59 Å². The molecule has 0 saturated heterocycles. The summed E-state index contributed by atoms with van der Waals surface area (Å²) < 4.78 is 5.12. The van der Waals surface area contributed by atoms with Gasteiger partial charge in [0.15, 0.2) is 0 Å². The number of carbonyl (C=O) groups excluding carboxylic acids is 2. The minimum absolute atomic E-state index is 0.00114. The number of nitrogens with one attached hydrogen (secondary N) is 2. The molecule has 1 aromatic rings. The minimum atomic E-state index is -0.505. The van der Waals surface area contributed by atoms with E-state index >= 15 is 0 Å². The van der Waals surface area contributed by atoms with E-state index in [1.54, 1.807) is 0 Å². The molecule has 0 heterocycles. The fourth-order valence-corrected chi connectivity index (χ4v) is 2.01. The van der Waals surface area contributed by atoms with Gasteiger partial charge in [0.2, 0.25) is 5.91 Å². The van der Waals surface area contributed by atoms with Crippen LogP contribution in [0.1, 0.15) is 52.0 Å². The molecule has 0 saturated carbocycles. The Morgan fingerprint density at radius 2 is 1.78 bits per heavy atom. The zero-order valence-corrected chi connectivity index (χ0v) is 14.5. The van der Waals surface area contributed by atoms with Crippen LogP contribution in [0.15, 0.2) is 30.3 Å². The van der Waals surface area contributed by atoms with Gasteiger partial charge in [-0.1, -0.05) is 37.3 Å². The lowest BCUT2D eigenvalue weighted by molar-refractivity contribution is -0.121. The first-order valence-electron chi connectivity index (χ1n) is 8.06. The zero-order valence-electron chi connectivity index (χ0n) is 14.5. The molecule has 0 radical (unpaired) electrons. The molecule has 128 valence electrons. The highest BCUT2D eigenvalue weighted by molar-refractivity contribution is 5.76. The first-order valence-corrected chi connectivity index (χ1v) is 8.06. The summed E-state index contributed by atoms with van der Waals surface area (Å²) in [4.78, 5) is 23.2. The molecule has 1 rings (SSSR count). The van der Waals surface area contributed by atoms with Crippen molar-refractivity contribution in [1.82, 2.24) is 10.6 Å². The van der Waals surface area contributed by atoms with Crippen LogP contribution in [0.5, 0.6) is 0 Å². The van der Waals surface area contributed by atoms with Crippen molar-refractivity contribution in [3.63, 3.8) is 0 Å². The van der Waals surface area contributed by atoms with Crippen molar-refractivity contribution >= 4 is 12.0 Å². The summed E-state index contributed by atoms with van der Waals surface area (Å²) in [6.07, 6.45) is 0.526. The van der Waals surface area contributed by atoms with E-state index in [1.165, 1.54) is 5.56 Å². The van der Waals surface area contributed by atoms with E-state index in [0.29, 0.717) is 25.9 Å². The average Bonchev–Trinajstić information content (AvgIpc) is 2.48. The van der Waals surface area contributed by atoms with E-state index in [2.05, 4.69) is 29.7 Å². The Balaban J connectivity index is 2.14. The quantitative estimate of drug-likeness (QED) is 0.758. The summed E-state index contributed by atoms with van der Waals surface area (Å²) in [6.45, 7) is 8.56. The summed E-state index contributed by atoms with van der Waals surface area (Å²) in [5.74, 6) is 0.277. The van der Waals surface area contributed by atoms with E-state index in [4.69, 9.17) is 4.74 Å². The van der Waals surface area contributed by atoms with Crippen LogP contribution in [0, 0.1) is 0 Å². The molecular weight excluding hydrogens is 292 g/mol. The second-order valence-electron chi connectivity index (χ2n) is 6.65. The Hall–Kier alpha value is -2.04. The standard InChI is InChI=1S/C18H28N2O3/c1-14(15-9-6-5-7-10-15)13-20-16(21)11-8-12-19-17(22)23-18(2,3)4/h5-7,9-10,14H,8,11-13H2,1-4H3,(H,19,22)(H,20,21). The van der Waals surface area contributed by atoms with Crippen molar-refractivity contribution < 1.29 is 14.3 Å². The Bertz CT molecular complexity index is 495.